The number of carbonyl (C=O) groups is 1. The summed E-state index contributed by atoms with van der Waals surface area (Å²) in [7, 11) is -3.31. The van der Waals surface area contributed by atoms with Crippen molar-refractivity contribution in [1.82, 2.24) is 19.7 Å². The zero-order valence-corrected chi connectivity index (χ0v) is 18.6. The third kappa shape index (κ3) is 5.72. The zero-order valence-electron chi connectivity index (χ0n) is 17.0. The number of anilines is 1. The molecule has 1 amide bonds. The predicted molar refractivity (Wildman–Crippen MR) is 115 cm³/mol. The maximum Gasteiger partial charge on any atom is 0.233 e. The molecule has 1 fully saturated rings. The van der Waals surface area contributed by atoms with E-state index in [1.807, 2.05) is 16.4 Å². The SMILES string of the molecule is CCn1c(SCC(=O)N2CCC(C)CC2)nnc1-c1ccc(NS(C)(=O)=O)cc1. The van der Waals surface area contributed by atoms with Gasteiger partial charge in [0.2, 0.25) is 15.9 Å². The minimum absolute atomic E-state index is 0.144. The topological polar surface area (TPSA) is 97.2 Å². The number of sulfonamides is 1. The van der Waals surface area contributed by atoms with Crippen LogP contribution in [0.2, 0.25) is 0 Å². The molecule has 2 heterocycles. The van der Waals surface area contributed by atoms with E-state index in [2.05, 4.69) is 21.8 Å². The number of rotatable bonds is 7. The van der Waals surface area contributed by atoms with Crippen molar-refractivity contribution in [2.75, 3.05) is 29.8 Å². The Bertz CT molecular complexity index is 949. The minimum Gasteiger partial charge on any atom is -0.342 e. The number of benzene rings is 1. The number of amides is 1. The van der Waals surface area contributed by atoms with Crippen molar-refractivity contribution in [3.05, 3.63) is 24.3 Å². The van der Waals surface area contributed by atoms with Crippen LogP contribution in [0, 0.1) is 5.92 Å². The number of carbonyl (C=O) groups excluding carboxylic acids is 1. The van der Waals surface area contributed by atoms with Gasteiger partial charge in [-0.05, 0) is 49.9 Å². The molecule has 2 aromatic rings. The molecule has 1 aromatic heterocycles. The molecule has 1 saturated heterocycles. The molecule has 0 unspecified atom stereocenters. The molecular weight excluding hydrogens is 410 g/mol. The Balaban J connectivity index is 1.67. The van der Waals surface area contributed by atoms with Crippen molar-refractivity contribution in [3.63, 3.8) is 0 Å². The Morgan fingerprint density at radius 3 is 2.45 bits per heavy atom. The summed E-state index contributed by atoms with van der Waals surface area (Å²) in [6.45, 7) is 6.57. The van der Waals surface area contributed by atoms with E-state index in [0.29, 0.717) is 34.9 Å². The highest BCUT2D eigenvalue weighted by molar-refractivity contribution is 7.99. The normalized spacial score (nSPS) is 15.5. The molecule has 3 rings (SSSR count). The Kier molecular flexibility index (Phi) is 6.84. The first-order chi connectivity index (χ1) is 13.8. The van der Waals surface area contributed by atoms with Crippen LogP contribution in [0.15, 0.2) is 29.4 Å². The molecule has 1 N–H and O–H groups in total. The van der Waals surface area contributed by atoms with Crippen molar-refractivity contribution < 1.29 is 13.2 Å². The van der Waals surface area contributed by atoms with Gasteiger partial charge in [-0.2, -0.15) is 0 Å². The lowest BCUT2D eigenvalue weighted by molar-refractivity contribution is -0.129. The Hall–Kier alpha value is -2.07. The molecule has 0 aliphatic carbocycles. The van der Waals surface area contributed by atoms with E-state index >= 15 is 0 Å². The number of thioether (sulfide) groups is 1. The van der Waals surface area contributed by atoms with Crippen LogP contribution in [0.4, 0.5) is 5.69 Å². The predicted octanol–water partition coefficient (Wildman–Crippen LogP) is 2.69. The Morgan fingerprint density at radius 2 is 1.86 bits per heavy atom. The summed E-state index contributed by atoms with van der Waals surface area (Å²) in [4.78, 5) is 14.4. The summed E-state index contributed by atoms with van der Waals surface area (Å²) in [5, 5.41) is 9.27. The smallest absolute Gasteiger partial charge is 0.233 e. The lowest BCUT2D eigenvalue weighted by atomic mass is 9.99. The van der Waals surface area contributed by atoms with Gasteiger partial charge >= 0.3 is 0 Å². The molecule has 0 saturated carbocycles. The molecule has 8 nitrogen and oxygen atoms in total. The fraction of sp³-hybridized carbons (Fsp3) is 0.526. The molecule has 0 atom stereocenters. The fourth-order valence-corrected chi connectivity index (χ4v) is 4.74. The van der Waals surface area contributed by atoms with Crippen molar-refractivity contribution in [2.24, 2.45) is 5.92 Å². The van der Waals surface area contributed by atoms with E-state index in [4.69, 9.17) is 0 Å². The average Bonchev–Trinajstić information content (AvgIpc) is 3.09. The van der Waals surface area contributed by atoms with Gasteiger partial charge in [-0.3, -0.25) is 9.52 Å². The molecule has 1 aromatic carbocycles. The first-order valence-electron chi connectivity index (χ1n) is 9.69. The molecule has 0 radical (unpaired) electrons. The van der Waals surface area contributed by atoms with Gasteiger partial charge in [0.25, 0.3) is 0 Å². The lowest BCUT2D eigenvalue weighted by Gasteiger charge is -2.30. The summed E-state index contributed by atoms with van der Waals surface area (Å²) in [6, 6.07) is 6.99. The number of likely N-dealkylation sites (tertiary alicyclic amines) is 1. The molecular formula is C19H27N5O3S2. The summed E-state index contributed by atoms with van der Waals surface area (Å²) in [5.41, 5.74) is 1.33. The third-order valence-corrected chi connectivity index (χ3v) is 6.50. The van der Waals surface area contributed by atoms with Crippen molar-refractivity contribution in [1.29, 1.82) is 0 Å². The summed E-state index contributed by atoms with van der Waals surface area (Å²) in [5.74, 6) is 1.88. The van der Waals surface area contributed by atoms with Crippen LogP contribution in [0.1, 0.15) is 26.7 Å². The monoisotopic (exact) mass is 437 g/mol. The second-order valence-corrected chi connectivity index (χ2v) is 10.0. The average molecular weight is 438 g/mol. The molecule has 158 valence electrons. The van der Waals surface area contributed by atoms with Crippen LogP contribution in [0.5, 0.6) is 0 Å². The number of piperidine rings is 1. The standard InChI is InChI=1S/C19H27N5O3S2/c1-4-24-18(15-5-7-16(8-6-15)22-29(3,26)27)20-21-19(24)28-13-17(25)23-11-9-14(2)10-12-23/h5-8,14,22H,4,9-13H2,1-3H3. The van der Waals surface area contributed by atoms with Gasteiger partial charge in [-0.25, -0.2) is 8.42 Å². The molecule has 0 spiro atoms. The lowest BCUT2D eigenvalue weighted by Crippen LogP contribution is -2.38. The molecule has 1 aliphatic heterocycles. The van der Waals surface area contributed by atoms with Gasteiger partial charge in [0.1, 0.15) is 0 Å². The third-order valence-electron chi connectivity index (χ3n) is 4.94. The van der Waals surface area contributed by atoms with E-state index in [-0.39, 0.29) is 5.91 Å². The van der Waals surface area contributed by atoms with Crippen molar-refractivity contribution >= 4 is 33.4 Å². The quantitative estimate of drug-likeness (QED) is 0.669. The Morgan fingerprint density at radius 1 is 1.21 bits per heavy atom. The number of nitrogens with one attached hydrogen (secondary N) is 1. The van der Waals surface area contributed by atoms with Crippen LogP contribution in [-0.4, -0.2) is 59.1 Å². The van der Waals surface area contributed by atoms with Gasteiger partial charge < -0.3 is 9.47 Å². The zero-order chi connectivity index (χ0) is 21.0. The van der Waals surface area contributed by atoms with Crippen LogP contribution < -0.4 is 4.72 Å². The van der Waals surface area contributed by atoms with E-state index in [9.17, 15) is 13.2 Å². The second-order valence-electron chi connectivity index (χ2n) is 7.35. The van der Waals surface area contributed by atoms with E-state index in [0.717, 1.165) is 37.8 Å². The first-order valence-corrected chi connectivity index (χ1v) is 12.6. The summed E-state index contributed by atoms with van der Waals surface area (Å²) < 4.78 is 27.1. The number of hydrogen-bond donors (Lipinski definition) is 1. The van der Waals surface area contributed by atoms with E-state index in [1.54, 1.807) is 24.3 Å². The largest absolute Gasteiger partial charge is 0.342 e. The number of nitrogens with zero attached hydrogens (tertiary/aromatic N) is 4. The van der Waals surface area contributed by atoms with Crippen LogP contribution in [-0.2, 0) is 21.4 Å². The second kappa shape index (κ2) is 9.17. The molecule has 0 bridgehead atoms. The van der Waals surface area contributed by atoms with Crippen LogP contribution >= 0.6 is 11.8 Å². The van der Waals surface area contributed by atoms with Gasteiger partial charge in [0, 0.05) is 30.9 Å². The molecule has 29 heavy (non-hydrogen) atoms. The van der Waals surface area contributed by atoms with Gasteiger partial charge in [0.05, 0.1) is 12.0 Å². The van der Waals surface area contributed by atoms with Gasteiger partial charge in [0.15, 0.2) is 11.0 Å². The highest BCUT2D eigenvalue weighted by atomic mass is 32.2. The maximum atomic E-state index is 12.5. The summed E-state index contributed by atoms with van der Waals surface area (Å²) >= 11 is 1.41. The first kappa shape index (κ1) is 21.6. The van der Waals surface area contributed by atoms with E-state index in [1.165, 1.54) is 11.8 Å². The van der Waals surface area contributed by atoms with Crippen molar-refractivity contribution in [2.45, 2.75) is 38.4 Å². The van der Waals surface area contributed by atoms with Gasteiger partial charge in [-0.1, -0.05) is 18.7 Å². The molecule has 1 aliphatic rings. The Labute approximate surface area is 176 Å². The number of hydrogen-bond acceptors (Lipinski definition) is 6. The fourth-order valence-electron chi connectivity index (χ4n) is 3.27. The van der Waals surface area contributed by atoms with Crippen LogP contribution in [0.25, 0.3) is 11.4 Å². The van der Waals surface area contributed by atoms with Gasteiger partial charge in [-0.15, -0.1) is 10.2 Å². The number of aromatic nitrogens is 3. The van der Waals surface area contributed by atoms with Crippen LogP contribution in [0.3, 0.4) is 0 Å². The summed E-state index contributed by atoms with van der Waals surface area (Å²) in [6.07, 6.45) is 3.25. The highest BCUT2D eigenvalue weighted by Gasteiger charge is 2.21. The van der Waals surface area contributed by atoms with E-state index < -0.39 is 10.0 Å². The molecule has 10 heteroatoms. The maximum absolute atomic E-state index is 12.5. The minimum atomic E-state index is -3.31. The van der Waals surface area contributed by atoms with Crippen molar-refractivity contribution in [3.8, 4) is 11.4 Å². The highest BCUT2D eigenvalue weighted by Crippen LogP contribution is 2.26.